The van der Waals surface area contributed by atoms with Crippen molar-refractivity contribution in [3.8, 4) is 0 Å². The Kier molecular flexibility index (Phi) is 5.76. The van der Waals surface area contributed by atoms with Gasteiger partial charge in [-0.15, -0.1) is 22.9 Å². The van der Waals surface area contributed by atoms with Crippen molar-refractivity contribution in [2.24, 2.45) is 0 Å². The van der Waals surface area contributed by atoms with Gasteiger partial charge in [-0.1, -0.05) is 44.5 Å². The van der Waals surface area contributed by atoms with Crippen LogP contribution in [0.25, 0.3) is 0 Å². The van der Waals surface area contributed by atoms with Crippen molar-refractivity contribution < 1.29 is 0 Å². The number of alkyl halides is 1. The maximum absolute atomic E-state index is 6.84. The minimum absolute atomic E-state index is 0.146. The van der Waals surface area contributed by atoms with Crippen molar-refractivity contribution in [2.75, 3.05) is 0 Å². The SMILES string of the molecule is CCc1cc(CC)c(C(Cl)c2scc(C)c2Cl)c(CC)c1. The summed E-state index contributed by atoms with van der Waals surface area (Å²) in [5, 5.41) is 2.76. The van der Waals surface area contributed by atoms with E-state index in [4.69, 9.17) is 23.2 Å². The smallest absolute Gasteiger partial charge is 0.0948 e. The molecule has 0 saturated carbocycles. The van der Waals surface area contributed by atoms with Crippen LogP contribution in [-0.2, 0) is 19.3 Å². The van der Waals surface area contributed by atoms with Gasteiger partial charge in [-0.2, -0.15) is 0 Å². The fraction of sp³-hybridized carbons (Fsp3) is 0.444. The first-order valence-corrected chi connectivity index (χ1v) is 9.24. The predicted octanol–water partition coefficient (Wildman–Crippen LogP) is 6.73. The first kappa shape index (κ1) is 16.9. The first-order valence-electron chi connectivity index (χ1n) is 7.55. The molecule has 0 bridgehead atoms. The Hall–Kier alpha value is -0.500. The maximum atomic E-state index is 6.84. The van der Waals surface area contributed by atoms with Crippen LogP contribution in [0.5, 0.6) is 0 Å². The molecular formula is C18H22Cl2S. The highest BCUT2D eigenvalue weighted by molar-refractivity contribution is 7.11. The third-order valence-corrected chi connectivity index (χ3v) is 6.33. The second-order valence-corrected chi connectivity index (χ2v) is 7.07. The van der Waals surface area contributed by atoms with Gasteiger partial charge in [0.1, 0.15) is 0 Å². The van der Waals surface area contributed by atoms with Crippen molar-refractivity contribution >= 4 is 34.5 Å². The zero-order chi connectivity index (χ0) is 15.6. The van der Waals surface area contributed by atoms with E-state index in [0.717, 1.165) is 34.7 Å². The fourth-order valence-electron chi connectivity index (χ4n) is 2.72. The molecular weight excluding hydrogens is 319 g/mol. The minimum atomic E-state index is -0.146. The standard InChI is InChI=1S/C18H22Cl2S/c1-5-12-8-13(6-2)15(14(7-3)9-12)17(20)18-16(19)11(4)10-21-18/h8-10,17H,5-7H2,1-4H3. The molecule has 0 N–H and O–H groups in total. The quantitative estimate of drug-likeness (QED) is 0.529. The highest BCUT2D eigenvalue weighted by Crippen LogP contribution is 2.42. The number of hydrogen-bond donors (Lipinski definition) is 0. The fourth-order valence-corrected chi connectivity index (χ4v) is 4.60. The van der Waals surface area contributed by atoms with E-state index in [1.54, 1.807) is 11.3 Å². The molecule has 0 aliphatic heterocycles. The Balaban J connectivity index is 2.58. The number of hydrogen-bond acceptors (Lipinski definition) is 1. The zero-order valence-electron chi connectivity index (χ0n) is 13.1. The molecule has 0 aliphatic carbocycles. The first-order chi connectivity index (χ1) is 10.0. The summed E-state index contributed by atoms with van der Waals surface area (Å²) in [6.45, 7) is 8.63. The van der Waals surface area contributed by atoms with Crippen molar-refractivity contribution in [3.63, 3.8) is 0 Å². The Morgan fingerprint density at radius 1 is 1.05 bits per heavy atom. The molecule has 114 valence electrons. The van der Waals surface area contributed by atoms with Crippen molar-refractivity contribution in [1.82, 2.24) is 0 Å². The van der Waals surface area contributed by atoms with E-state index < -0.39 is 0 Å². The number of benzene rings is 1. The third kappa shape index (κ3) is 3.31. The van der Waals surface area contributed by atoms with Gasteiger partial charge >= 0.3 is 0 Å². The summed E-state index contributed by atoms with van der Waals surface area (Å²) >= 11 is 14.9. The number of rotatable bonds is 5. The molecule has 0 nitrogen and oxygen atoms in total. The Morgan fingerprint density at radius 2 is 1.62 bits per heavy atom. The van der Waals surface area contributed by atoms with Gasteiger partial charge in [0.25, 0.3) is 0 Å². The molecule has 1 aromatic carbocycles. The minimum Gasteiger partial charge on any atom is -0.145 e. The molecule has 1 unspecified atom stereocenters. The van der Waals surface area contributed by atoms with Crippen LogP contribution in [0.1, 0.15) is 58.8 Å². The summed E-state index contributed by atoms with van der Waals surface area (Å²) in [5.74, 6) is 0. The molecule has 0 aliphatic rings. The second-order valence-electron chi connectivity index (χ2n) is 5.35. The lowest BCUT2D eigenvalue weighted by atomic mass is 9.91. The van der Waals surface area contributed by atoms with Gasteiger partial charge in [0.2, 0.25) is 0 Å². The lowest BCUT2D eigenvalue weighted by Gasteiger charge is -2.19. The van der Waals surface area contributed by atoms with Gasteiger partial charge in [0.15, 0.2) is 0 Å². The van der Waals surface area contributed by atoms with Gasteiger partial charge in [-0.3, -0.25) is 0 Å². The molecule has 0 saturated heterocycles. The molecule has 1 atom stereocenters. The maximum Gasteiger partial charge on any atom is 0.0948 e. The van der Waals surface area contributed by atoms with Gasteiger partial charge in [-0.05, 0) is 59.4 Å². The topological polar surface area (TPSA) is 0 Å². The van der Waals surface area contributed by atoms with Crippen LogP contribution in [0.4, 0.5) is 0 Å². The average Bonchev–Trinajstić information content (AvgIpc) is 2.84. The van der Waals surface area contributed by atoms with Crippen LogP contribution in [0, 0.1) is 6.92 Å². The molecule has 0 fully saturated rings. The van der Waals surface area contributed by atoms with Gasteiger partial charge < -0.3 is 0 Å². The molecule has 0 amide bonds. The van der Waals surface area contributed by atoms with E-state index in [1.165, 1.54) is 22.3 Å². The number of thiophene rings is 1. The highest BCUT2D eigenvalue weighted by Gasteiger charge is 2.22. The third-order valence-electron chi connectivity index (χ3n) is 3.99. The average molecular weight is 341 g/mol. The van der Waals surface area contributed by atoms with Gasteiger partial charge in [-0.25, -0.2) is 0 Å². The summed E-state index contributed by atoms with van der Waals surface area (Å²) < 4.78 is 0. The van der Waals surface area contributed by atoms with Gasteiger partial charge in [0, 0.05) is 4.88 Å². The number of aryl methyl sites for hydroxylation is 4. The summed E-state index contributed by atoms with van der Waals surface area (Å²) in [6, 6.07) is 4.61. The van der Waals surface area contributed by atoms with E-state index in [2.05, 4.69) is 38.3 Å². The lowest BCUT2D eigenvalue weighted by Crippen LogP contribution is -2.04. The molecule has 3 heteroatoms. The highest BCUT2D eigenvalue weighted by atomic mass is 35.5. The van der Waals surface area contributed by atoms with Crippen molar-refractivity contribution in [3.05, 3.63) is 55.2 Å². The summed E-state index contributed by atoms with van der Waals surface area (Å²) in [4.78, 5) is 1.07. The van der Waals surface area contributed by atoms with Crippen LogP contribution in [0.3, 0.4) is 0 Å². The van der Waals surface area contributed by atoms with E-state index in [9.17, 15) is 0 Å². The molecule has 21 heavy (non-hydrogen) atoms. The van der Waals surface area contributed by atoms with Crippen molar-refractivity contribution in [2.45, 2.75) is 52.3 Å². The normalized spacial score (nSPS) is 12.7. The van der Waals surface area contributed by atoms with E-state index >= 15 is 0 Å². The summed E-state index contributed by atoms with van der Waals surface area (Å²) in [6.07, 6.45) is 3.06. The molecule has 0 spiro atoms. The Morgan fingerprint density at radius 3 is 2.00 bits per heavy atom. The Bertz CT molecular complexity index is 603. The van der Waals surface area contributed by atoms with Crippen LogP contribution in [0.15, 0.2) is 17.5 Å². The predicted molar refractivity (Wildman–Crippen MR) is 96.3 cm³/mol. The van der Waals surface area contributed by atoms with Crippen LogP contribution in [0.2, 0.25) is 5.02 Å². The summed E-state index contributed by atoms with van der Waals surface area (Å²) in [5.41, 5.74) is 6.48. The van der Waals surface area contributed by atoms with Crippen LogP contribution in [-0.4, -0.2) is 0 Å². The molecule has 0 radical (unpaired) electrons. The largest absolute Gasteiger partial charge is 0.145 e. The summed E-state index contributed by atoms with van der Waals surface area (Å²) in [7, 11) is 0. The van der Waals surface area contributed by atoms with E-state index in [1.807, 2.05) is 6.92 Å². The van der Waals surface area contributed by atoms with Gasteiger partial charge in [0.05, 0.1) is 10.4 Å². The second kappa shape index (κ2) is 7.17. The molecule has 1 aromatic heterocycles. The zero-order valence-corrected chi connectivity index (χ0v) is 15.4. The molecule has 2 rings (SSSR count). The monoisotopic (exact) mass is 340 g/mol. The van der Waals surface area contributed by atoms with E-state index in [0.29, 0.717) is 0 Å². The van der Waals surface area contributed by atoms with Crippen LogP contribution >= 0.6 is 34.5 Å². The lowest BCUT2D eigenvalue weighted by molar-refractivity contribution is 0.972. The number of halogens is 2. The molecule has 2 aromatic rings. The van der Waals surface area contributed by atoms with Crippen LogP contribution < -0.4 is 0 Å². The molecule has 1 heterocycles. The Labute approximate surface area is 142 Å². The van der Waals surface area contributed by atoms with E-state index in [-0.39, 0.29) is 5.38 Å². The van der Waals surface area contributed by atoms with Crippen molar-refractivity contribution in [1.29, 1.82) is 0 Å².